The van der Waals surface area contributed by atoms with Crippen LogP contribution in [-0.2, 0) is 0 Å². The molecule has 0 radical (unpaired) electrons. The molecule has 1 aromatic carbocycles. The minimum absolute atomic E-state index is 0.190. The van der Waals surface area contributed by atoms with Crippen LogP contribution in [0.3, 0.4) is 0 Å². The van der Waals surface area contributed by atoms with Crippen molar-refractivity contribution >= 4 is 17.4 Å². The zero-order chi connectivity index (χ0) is 16.5. The van der Waals surface area contributed by atoms with Crippen molar-refractivity contribution in [3.8, 4) is 5.75 Å². The summed E-state index contributed by atoms with van der Waals surface area (Å²) in [5.41, 5.74) is 1.22. The lowest BCUT2D eigenvalue weighted by Crippen LogP contribution is -2.16. The number of ether oxygens (including phenoxy) is 1. The third-order valence-corrected chi connectivity index (χ3v) is 3.45. The van der Waals surface area contributed by atoms with E-state index in [1.54, 1.807) is 31.5 Å². The van der Waals surface area contributed by atoms with Gasteiger partial charge in [-0.25, -0.2) is 4.98 Å². The smallest absolute Gasteiger partial charge is 0.259 e. The molecule has 0 atom stereocenters. The van der Waals surface area contributed by atoms with Gasteiger partial charge in [0.15, 0.2) is 0 Å². The molecule has 1 aromatic heterocycles. The molecule has 0 spiro atoms. The Hall–Kier alpha value is -2.56. The first-order valence-corrected chi connectivity index (χ1v) is 7.89. The van der Waals surface area contributed by atoms with Gasteiger partial charge in [0.05, 0.1) is 12.7 Å². The number of rotatable bonds is 8. The van der Waals surface area contributed by atoms with Crippen molar-refractivity contribution in [2.45, 2.75) is 26.2 Å². The molecular weight excluding hydrogens is 290 g/mol. The van der Waals surface area contributed by atoms with Crippen LogP contribution in [0, 0.1) is 0 Å². The summed E-state index contributed by atoms with van der Waals surface area (Å²) in [7, 11) is 1.60. The Balaban J connectivity index is 2.06. The molecule has 122 valence electrons. The van der Waals surface area contributed by atoms with E-state index in [2.05, 4.69) is 22.5 Å². The van der Waals surface area contributed by atoms with Crippen LogP contribution >= 0.6 is 0 Å². The number of carbonyl (C=O) groups is 1. The fourth-order valence-electron chi connectivity index (χ4n) is 2.21. The largest absolute Gasteiger partial charge is 0.497 e. The van der Waals surface area contributed by atoms with E-state index in [4.69, 9.17) is 4.74 Å². The first-order chi connectivity index (χ1) is 11.2. The molecule has 0 aliphatic rings. The van der Waals surface area contributed by atoms with Crippen LogP contribution in [0.5, 0.6) is 5.75 Å². The Labute approximate surface area is 137 Å². The molecule has 0 saturated heterocycles. The van der Waals surface area contributed by atoms with Crippen LogP contribution in [0.25, 0.3) is 0 Å². The zero-order valence-corrected chi connectivity index (χ0v) is 13.6. The standard InChI is InChI=1S/C18H23N3O2/c1-3-4-5-11-19-17-16(10-7-12-20-17)18(22)21-14-8-6-9-15(13-14)23-2/h6-10,12-13H,3-5,11H2,1-2H3,(H,19,20)(H,21,22). The van der Waals surface area contributed by atoms with Crippen LogP contribution in [0.4, 0.5) is 11.5 Å². The average molecular weight is 313 g/mol. The maximum absolute atomic E-state index is 12.5. The van der Waals surface area contributed by atoms with E-state index in [-0.39, 0.29) is 5.91 Å². The van der Waals surface area contributed by atoms with Crippen molar-refractivity contribution in [3.63, 3.8) is 0 Å². The predicted molar refractivity (Wildman–Crippen MR) is 93.2 cm³/mol. The highest BCUT2D eigenvalue weighted by Gasteiger charge is 2.12. The summed E-state index contributed by atoms with van der Waals surface area (Å²) < 4.78 is 5.17. The third-order valence-electron chi connectivity index (χ3n) is 3.45. The molecule has 2 aromatic rings. The number of unbranched alkanes of at least 4 members (excludes halogenated alkanes) is 2. The third kappa shape index (κ3) is 4.98. The number of amides is 1. The lowest BCUT2D eigenvalue weighted by Gasteiger charge is -2.11. The van der Waals surface area contributed by atoms with Gasteiger partial charge in [-0.05, 0) is 30.7 Å². The number of benzene rings is 1. The summed E-state index contributed by atoms with van der Waals surface area (Å²) in [6.07, 6.45) is 5.06. The molecule has 0 aliphatic heterocycles. The van der Waals surface area contributed by atoms with Gasteiger partial charge >= 0.3 is 0 Å². The van der Waals surface area contributed by atoms with Gasteiger partial charge in [-0.2, -0.15) is 0 Å². The summed E-state index contributed by atoms with van der Waals surface area (Å²) in [6.45, 7) is 2.97. The van der Waals surface area contributed by atoms with E-state index < -0.39 is 0 Å². The predicted octanol–water partition coefficient (Wildman–Crippen LogP) is 3.94. The maximum Gasteiger partial charge on any atom is 0.259 e. The normalized spacial score (nSPS) is 10.2. The summed E-state index contributed by atoms with van der Waals surface area (Å²) in [5.74, 6) is 1.13. The molecule has 0 aliphatic carbocycles. The summed E-state index contributed by atoms with van der Waals surface area (Å²) in [4.78, 5) is 16.8. The Kier molecular flexibility index (Phi) is 6.41. The second-order valence-corrected chi connectivity index (χ2v) is 5.22. The number of anilines is 2. The number of nitrogens with zero attached hydrogens (tertiary/aromatic N) is 1. The van der Waals surface area contributed by atoms with E-state index in [1.165, 1.54) is 0 Å². The van der Waals surface area contributed by atoms with Gasteiger partial charge in [-0.1, -0.05) is 25.8 Å². The number of nitrogens with one attached hydrogen (secondary N) is 2. The van der Waals surface area contributed by atoms with Crippen molar-refractivity contribution in [1.29, 1.82) is 0 Å². The fraction of sp³-hybridized carbons (Fsp3) is 0.333. The number of hydrogen-bond donors (Lipinski definition) is 2. The molecule has 1 amide bonds. The van der Waals surface area contributed by atoms with Crippen molar-refractivity contribution in [2.75, 3.05) is 24.3 Å². The second kappa shape index (κ2) is 8.78. The Morgan fingerprint density at radius 3 is 2.87 bits per heavy atom. The Morgan fingerprint density at radius 1 is 1.22 bits per heavy atom. The molecule has 1 heterocycles. The first kappa shape index (κ1) is 16.8. The highest BCUT2D eigenvalue weighted by atomic mass is 16.5. The Bertz CT molecular complexity index is 644. The van der Waals surface area contributed by atoms with Gasteiger partial charge in [-0.3, -0.25) is 4.79 Å². The van der Waals surface area contributed by atoms with Gasteiger partial charge in [0, 0.05) is 24.5 Å². The Morgan fingerprint density at radius 2 is 2.09 bits per heavy atom. The van der Waals surface area contributed by atoms with Gasteiger partial charge in [0.25, 0.3) is 5.91 Å². The number of methoxy groups -OCH3 is 1. The van der Waals surface area contributed by atoms with Gasteiger partial charge < -0.3 is 15.4 Å². The van der Waals surface area contributed by atoms with E-state index in [0.717, 1.165) is 25.8 Å². The quantitative estimate of drug-likeness (QED) is 0.724. The first-order valence-electron chi connectivity index (χ1n) is 7.89. The van der Waals surface area contributed by atoms with Crippen molar-refractivity contribution in [2.24, 2.45) is 0 Å². The molecule has 0 saturated carbocycles. The molecular formula is C18H23N3O2. The van der Waals surface area contributed by atoms with E-state index in [9.17, 15) is 4.79 Å². The number of aromatic nitrogens is 1. The van der Waals surface area contributed by atoms with Crippen LogP contribution < -0.4 is 15.4 Å². The monoisotopic (exact) mass is 313 g/mol. The molecule has 23 heavy (non-hydrogen) atoms. The van der Waals surface area contributed by atoms with Gasteiger partial charge in [0.1, 0.15) is 11.6 Å². The maximum atomic E-state index is 12.5. The van der Waals surface area contributed by atoms with Gasteiger partial charge in [-0.15, -0.1) is 0 Å². The van der Waals surface area contributed by atoms with E-state index in [0.29, 0.717) is 22.8 Å². The molecule has 0 fully saturated rings. The summed E-state index contributed by atoms with van der Waals surface area (Å²) in [6, 6.07) is 10.8. The molecule has 2 N–H and O–H groups in total. The molecule has 0 unspecified atom stereocenters. The summed E-state index contributed by atoms with van der Waals surface area (Å²) >= 11 is 0. The van der Waals surface area contributed by atoms with Crippen LogP contribution in [-0.4, -0.2) is 24.5 Å². The SMILES string of the molecule is CCCCCNc1ncccc1C(=O)Nc1cccc(OC)c1. The van der Waals surface area contributed by atoms with E-state index >= 15 is 0 Å². The second-order valence-electron chi connectivity index (χ2n) is 5.22. The summed E-state index contributed by atoms with van der Waals surface area (Å²) in [5, 5.41) is 6.12. The van der Waals surface area contributed by atoms with Crippen LogP contribution in [0.2, 0.25) is 0 Å². The number of hydrogen-bond acceptors (Lipinski definition) is 4. The minimum atomic E-state index is -0.190. The molecule has 5 nitrogen and oxygen atoms in total. The van der Waals surface area contributed by atoms with E-state index in [1.807, 2.05) is 18.2 Å². The average Bonchev–Trinajstić information content (AvgIpc) is 2.59. The lowest BCUT2D eigenvalue weighted by atomic mass is 10.2. The molecule has 2 rings (SSSR count). The number of pyridine rings is 1. The fourth-order valence-corrected chi connectivity index (χ4v) is 2.21. The number of carbonyl (C=O) groups excluding carboxylic acids is 1. The molecule has 0 bridgehead atoms. The zero-order valence-electron chi connectivity index (χ0n) is 13.6. The highest BCUT2D eigenvalue weighted by molar-refractivity contribution is 6.07. The van der Waals surface area contributed by atoms with Crippen molar-refractivity contribution < 1.29 is 9.53 Å². The highest BCUT2D eigenvalue weighted by Crippen LogP contribution is 2.19. The molecule has 5 heteroatoms. The van der Waals surface area contributed by atoms with Crippen LogP contribution in [0.1, 0.15) is 36.5 Å². The van der Waals surface area contributed by atoms with Crippen molar-refractivity contribution in [3.05, 3.63) is 48.2 Å². The lowest BCUT2D eigenvalue weighted by molar-refractivity contribution is 0.102. The van der Waals surface area contributed by atoms with Crippen LogP contribution in [0.15, 0.2) is 42.6 Å². The van der Waals surface area contributed by atoms with Crippen molar-refractivity contribution in [1.82, 2.24) is 4.98 Å². The minimum Gasteiger partial charge on any atom is -0.497 e. The van der Waals surface area contributed by atoms with Gasteiger partial charge in [0.2, 0.25) is 0 Å². The topological polar surface area (TPSA) is 63.2 Å².